The zero-order valence-corrected chi connectivity index (χ0v) is 19.7. The molecule has 2 amide bonds. The molecule has 1 aliphatic heterocycles. The lowest BCUT2D eigenvalue weighted by Crippen LogP contribution is -2.39. The van der Waals surface area contributed by atoms with Crippen molar-refractivity contribution in [2.75, 3.05) is 11.9 Å². The van der Waals surface area contributed by atoms with Crippen LogP contribution in [0.25, 0.3) is 22.6 Å². The largest absolute Gasteiger partial charge is 0.322 e. The summed E-state index contributed by atoms with van der Waals surface area (Å²) in [7, 11) is 1.89. The van der Waals surface area contributed by atoms with Crippen LogP contribution in [0.1, 0.15) is 29.3 Å². The number of hydrogen-bond acceptors (Lipinski definition) is 4. The summed E-state index contributed by atoms with van der Waals surface area (Å²) in [6.45, 7) is 5.26. The van der Waals surface area contributed by atoms with Crippen LogP contribution in [0.15, 0.2) is 60.9 Å². The van der Waals surface area contributed by atoms with E-state index < -0.39 is 0 Å². The molecule has 4 aromatic rings. The lowest BCUT2D eigenvalue weighted by molar-refractivity contribution is 0.206. The lowest BCUT2D eigenvalue weighted by Gasteiger charge is -2.30. The third kappa shape index (κ3) is 4.29. The topological polar surface area (TPSA) is 75.9 Å². The Morgan fingerprint density at radius 2 is 1.97 bits per heavy atom. The van der Waals surface area contributed by atoms with Crippen LogP contribution >= 0.6 is 0 Å². The molecule has 3 heterocycles. The first-order valence-corrected chi connectivity index (χ1v) is 11.6. The smallest absolute Gasteiger partial charge is 0.320 e. The van der Waals surface area contributed by atoms with Crippen LogP contribution in [0, 0.1) is 6.92 Å². The predicted molar refractivity (Wildman–Crippen MR) is 133 cm³/mol. The molecule has 2 aromatic carbocycles. The van der Waals surface area contributed by atoms with Crippen molar-refractivity contribution in [3.8, 4) is 22.6 Å². The number of carbonyl (C=O) groups excluding carboxylic acids is 1. The predicted octanol–water partition coefficient (Wildman–Crippen LogP) is 5.01. The first-order chi connectivity index (χ1) is 16.5. The van der Waals surface area contributed by atoms with Gasteiger partial charge in [-0.1, -0.05) is 43.3 Å². The second-order valence-corrected chi connectivity index (χ2v) is 8.69. The number of aryl methyl sites for hydroxylation is 3. The Hall–Kier alpha value is -4.00. The Balaban J connectivity index is 1.50. The standard InChI is InChI=1S/C27H28N6O/c1-4-19-9-7-10-21(14-19)29-27(34)33-13-12-24-23(17-33)25(22-11-6-5-8-18(22)2)31-26(30-24)20-15-28-32(3)16-20/h5-11,14-16H,4,12-13,17H2,1-3H3,(H,29,34). The molecular formula is C27H28N6O. The number of nitrogens with zero attached hydrogens (tertiary/aromatic N) is 5. The number of urea groups is 1. The van der Waals surface area contributed by atoms with Crippen LogP contribution in [0.4, 0.5) is 10.5 Å². The van der Waals surface area contributed by atoms with E-state index in [0.717, 1.165) is 45.7 Å². The molecule has 0 saturated carbocycles. The fraction of sp³-hybridized carbons (Fsp3) is 0.259. The van der Waals surface area contributed by atoms with Gasteiger partial charge in [0.25, 0.3) is 0 Å². The summed E-state index contributed by atoms with van der Waals surface area (Å²) in [5.74, 6) is 0.666. The number of rotatable bonds is 4. The van der Waals surface area contributed by atoms with Crippen molar-refractivity contribution in [3.05, 3.63) is 83.3 Å². The van der Waals surface area contributed by atoms with Crippen LogP contribution in [0.5, 0.6) is 0 Å². The zero-order valence-electron chi connectivity index (χ0n) is 19.7. The first kappa shape index (κ1) is 21.8. The van der Waals surface area contributed by atoms with E-state index in [4.69, 9.17) is 9.97 Å². The normalized spacial score (nSPS) is 13.0. The van der Waals surface area contributed by atoms with E-state index >= 15 is 0 Å². The summed E-state index contributed by atoms with van der Waals surface area (Å²) in [4.78, 5) is 24.9. The van der Waals surface area contributed by atoms with Gasteiger partial charge in [-0.3, -0.25) is 4.68 Å². The van der Waals surface area contributed by atoms with Crippen molar-refractivity contribution >= 4 is 11.7 Å². The number of anilines is 1. The van der Waals surface area contributed by atoms with E-state index in [-0.39, 0.29) is 6.03 Å². The van der Waals surface area contributed by atoms with Crippen molar-refractivity contribution in [2.24, 2.45) is 7.05 Å². The molecular weight excluding hydrogens is 424 g/mol. The van der Waals surface area contributed by atoms with Crippen molar-refractivity contribution in [1.82, 2.24) is 24.6 Å². The average molecular weight is 453 g/mol. The SMILES string of the molecule is CCc1cccc(NC(=O)N2CCc3nc(-c4cnn(C)c4)nc(-c4ccccc4C)c3C2)c1. The van der Waals surface area contributed by atoms with E-state index in [0.29, 0.717) is 25.3 Å². The van der Waals surface area contributed by atoms with Gasteiger partial charge in [0, 0.05) is 43.0 Å². The average Bonchev–Trinajstić information content (AvgIpc) is 3.30. The molecule has 0 fully saturated rings. The summed E-state index contributed by atoms with van der Waals surface area (Å²) in [5, 5.41) is 7.35. The Morgan fingerprint density at radius 1 is 1.12 bits per heavy atom. The molecule has 1 N–H and O–H groups in total. The Kier molecular flexibility index (Phi) is 5.84. The van der Waals surface area contributed by atoms with Crippen LogP contribution in [0.2, 0.25) is 0 Å². The highest BCUT2D eigenvalue weighted by Crippen LogP contribution is 2.32. The molecule has 0 radical (unpaired) electrons. The molecule has 0 unspecified atom stereocenters. The highest BCUT2D eigenvalue weighted by molar-refractivity contribution is 5.89. The highest BCUT2D eigenvalue weighted by atomic mass is 16.2. The second-order valence-electron chi connectivity index (χ2n) is 8.69. The van der Waals surface area contributed by atoms with Crippen molar-refractivity contribution in [3.63, 3.8) is 0 Å². The minimum atomic E-state index is -0.106. The maximum Gasteiger partial charge on any atom is 0.322 e. The van der Waals surface area contributed by atoms with Gasteiger partial charge in [-0.15, -0.1) is 0 Å². The summed E-state index contributed by atoms with van der Waals surface area (Å²) in [5.41, 5.74) is 7.97. The number of amides is 2. The summed E-state index contributed by atoms with van der Waals surface area (Å²) >= 11 is 0. The Labute approximate surface area is 199 Å². The van der Waals surface area contributed by atoms with Crippen molar-refractivity contribution < 1.29 is 4.79 Å². The number of fused-ring (bicyclic) bond motifs is 1. The molecule has 7 nitrogen and oxygen atoms in total. The van der Waals surface area contributed by atoms with E-state index in [1.165, 1.54) is 5.56 Å². The molecule has 2 aromatic heterocycles. The number of hydrogen-bond donors (Lipinski definition) is 1. The summed E-state index contributed by atoms with van der Waals surface area (Å²) < 4.78 is 1.76. The maximum atomic E-state index is 13.1. The van der Waals surface area contributed by atoms with Crippen molar-refractivity contribution in [2.45, 2.75) is 33.2 Å². The van der Waals surface area contributed by atoms with Gasteiger partial charge in [0.05, 0.1) is 29.7 Å². The Bertz CT molecular complexity index is 1360. The highest BCUT2D eigenvalue weighted by Gasteiger charge is 2.27. The minimum absolute atomic E-state index is 0.106. The molecule has 0 spiro atoms. The van der Waals surface area contributed by atoms with E-state index in [2.05, 4.69) is 42.5 Å². The third-order valence-electron chi connectivity index (χ3n) is 6.30. The van der Waals surface area contributed by atoms with Gasteiger partial charge in [-0.2, -0.15) is 5.10 Å². The number of aromatic nitrogens is 4. The van der Waals surface area contributed by atoms with Gasteiger partial charge in [0.1, 0.15) is 0 Å². The fourth-order valence-electron chi connectivity index (χ4n) is 4.39. The summed E-state index contributed by atoms with van der Waals surface area (Å²) in [6.07, 6.45) is 5.32. The van der Waals surface area contributed by atoms with Gasteiger partial charge in [-0.25, -0.2) is 14.8 Å². The molecule has 0 bridgehead atoms. The molecule has 0 saturated heterocycles. The lowest BCUT2D eigenvalue weighted by atomic mass is 9.96. The molecule has 7 heteroatoms. The van der Waals surface area contributed by atoms with E-state index in [1.54, 1.807) is 10.9 Å². The van der Waals surface area contributed by atoms with Gasteiger partial charge in [0.15, 0.2) is 5.82 Å². The number of benzene rings is 2. The fourth-order valence-corrected chi connectivity index (χ4v) is 4.39. The van der Waals surface area contributed by atoms with E-state index in [1.807, 2.05) is 48.5 Å². The van der Waals surface area contributed by atoms with E-state index in [9.17, 15) is 4.79 Å². The van der Waals surface area contributed by atoms with Crippen LogP contribution < -0.4 is 5.32 Å². The molecule has 0 atom stereocenters. The number of nitrogens with one attached hydrogen (secondary N) is 1. The van der Waals surface area contributed by atoms with Gasteiger partial charge in [0.2, 0.25) is 0 Å². The van der Waals surface area contributed by atoms with Gasteiger partial charge in [-0.05, 0) is 36.6 Å². The Morgan fingerprint density at radius 3 is 2.74 bits per heavy atom. The number of carbonyl (C=O) groups is 1. The van der Waals surface area contributed by atoms with Gasteiger partial charge < -0.3 is 10.2 Å². The third-order valence-corrected chi connectivity index (χ3v) is 6.30. The molecule has 34 heavy (non-hydrogen) atoms. The van der Waals surface area contributed by atoms with Crippen LogP contribution in [-0.2, 0) is 26.4 Å². The molecule has 172 valence electrons. The monoisotopic (exact) mass is 452 g/mol. The van der Waals surface area contributed by atoms with Crippen LogP contribution in [-0.4, -0.2) is 37.2 Å². The van der Waals surface area contributed by atoms with Gasteiger partial charge >= 0.3 is 6.03 Å². The quantitative estimate of drug-likeness (QED) is 0.473. The van der Waals surface area contributed by atoms with Crippen molar-refractivity contribution in [1.29, 1.82) is 0 Å². The zero-order chi connectivity index (χ0) is 23.7. The minimum Gasteiger partial charge on any atom is -0.320 e. The first-order valence-electron chi connectivity index (χ1n) is 11.6. The molecule has 0 aliphatic carbocycles. The van der Waals surface area contributed by atoms with Crippen LogP contribution in [0.3, 0.4) is 0 Å². The second kappa shape index (κ2) is 9.09. The maximum absolute atomic E-state index is 13.1. The molecule has 5 rings (SSSR count). The molecule has 1 aliphatic rings. The summed E-state index contributed by atoms with van der Waals surface area (Å²) in [6, 6.07) is 16.1.